The Balaban J connectivity index is 0.000000623. The van der Waals surface area contributed by atoms with E-state index in [0.29, 0.717) is 67.6 Å². The molecule has 8 bridgehead atoms. The SMILES string of the molecule is CC1=C2[N-]C(C(CC(N)=O)[C@@]2(C)CCC(=O)NCC(C)OP(=O)([O-])OC2C(CO)OC(n3cnc4cc(C)c(C)cc43)C2O)[C@]2(C)N=C(C(C)=C3N=C(C=C4N=C1C(CCC(N)=O)C4(C)C)C(CCC(N)=O)[C@]3(C)CC(N)=O)C(CCC(N)=O)[C@]2(C)CC(N)=O.[CH2-]C1OC(n2cnc3c(N)ncnc32)C(O)C1O.[Co+3]. The molecule has 19 N–H and O–H groups in total. The molecule has 3 aromatic heterocycles. The summed E-state index contributed by atoms with van der Waals surface area (Å²) in [5, 5.41) is 49.6. The van der Waals surface area contributed by atoms with Gasteiger partial charge in [-0.25, -0.2) is 19.9 Å². The van der Waals surface area contributed by atoms with Crippen LogP contribution in [0, 0.1) is 66.1 Å². The van der Waals surface area contributed by atoms with Crippen LogP contribution in [-0.2, 0) is 73.4 Å². The first kappa shape index (κ1) is 84.8. The maximum Gasteiger partial charge on any atom is 3.00 e. The predicted molar refractivity (Wildman–Crippen MR) is 393 cm³/mol. The molecule has 37 heteroatoms. The molecule has 3 fully saturated rings. The average molecular weight is 1580 g/mol. The number of aliphatic imine (C=N–C) groups is 3. The zero-order chi connectivity index (χ0) is 79.6. The molecule has 0 spiro atoms. The van der Waals surface area contributed by atoms with E-state index >= 15 is 0 Å². The molecule has 7 amide bonds. The van der Waals surface area contributed by atoms with Crippen molar-refractivity contribution in [3.05, 3.63) is 88.8 Å². The van der Waals surface area contributed by atoms with Crippen molar-refractivity contribution in [3.8, 4) is 0 Å². The molecular formula is C72H100CoN18O17P. The van der Waals surface area contributed by atoms with Crippen LogP contribution in [0.1, 0.15) is 157 Å². The first-order chi connectivity index (χ1) is 50.4. The van der Waals surface area contributed by atoms with Gasteiger partial charge in [0.25, 0.3) is 7.82 Å². The minimum atomic E-state index is -5.32. The molecule has 0 radical (unpaired) electrons. The van der Waals surface area contributed by atoms with Crippen LogP contribution < -0.4 is 50.3 Å². The number of hydrogen-bond donors (Lipinski definition) is 12. The summed E-state index contributed by atoms with van der Waals surface area (Å²) in [5.74, 6) is -7.16. The fourth-order valence-electron chi connectivity index (χ4n) is 17.3. The number of benzene rings is 1. The number of ether oxygens (including phenoxy) is 2. The Labute approximate surface area is 640 Å². The summed E-state index contributed by atoms with van der Waals surface area (Å²) in [4.78, 5) is 140. The summed E-state index contributed by atoms with van der Waals surface area (Å²) in [6.07, 6.45) is -5.69. The minimum Gasteiger partial charge on any atom is -0.756 e. The van der Waals surface area contributed by atoms with Gasteiger partial charge in [-0.15, -0.1) is 0 Å². The van der Waals surface area contributed by atoms with Gasteiger partial charge in [0.15, 0.2) is 23.9 Å². The number of phosphoric acid groups is 1. The maximum absolute atomic E-state index is 14.4. The number of aryl methyl sites for hydroxylation is 2. The molecule has 7 aliphatic rings. The number of imidazole rings is 2. The van der Waals surface area contributed by atoms with E-state index in [1.807, 2.05) is 80.5 Å². The Morgan fingerprint density at radius 2 is 1.34 bits per heavy atom. The molecule has 0 saturated carbocycles. The molecule has 11 rings (SSSR count). The number of hydrogen-bond acceptors (Lipinski definition) is 25. The van der Waals surface area contributed by atoms with E-state index in [4.69, 9.17) is 79.0 Å². The largest absolute Gasteiger partial charge is 3.00 e. The number of carbonyl (C=O) groups excluding carboxylic acids is 7. The number of anilines is 1. The standard InChI is InChI=1S/C62H90N13O14P.C10H12N5O3.Co/c1-29-20-39-40(21-30(29)2)75(28-70-39)57-52(84)53(41(27-76)87-57)89-90(85,86)88-31(3)26-69-49(83)18-19-59(8)37(22-46(66)80)56-62(11)61(10,25-48(68)82)36(14-17-45(65)79)51(74-62)33(5)55-60(9,24-47(67)81)34(12-15-43(63)77)38(71-55)23-42-58(6,7)35(13-16-44(64)78)50(72-42)32(4)54(59)73-56;1-4-6(16)7(17)10(18-4)15-3-14-5-8(11)12-2-13-9(5)15;/h20-21,23,28,31,34-37,41,52-53,56-57,76,84H,12-19,22,24-27H2,1-11H3,(H15,63,64,65,66,67,68,69,71,72,73,74,77,78,79,80,81,82,83,85,86);2-4,6-7,10,16-17H,1H2,(H2,11,12,13);/q;-1;+3/p-2/t31?,34?,35?,36?,37?,41?,52?,53?,56?,57?,59-,60+,61+,62+;;/m1../s1. The Kier molecular flexibility index (Phi) is 25.0. The third-order valence-corrected chi connectivity index (χ3v) is 24.6. The van der Waals surface area contributed by atoms with E-state index in [-0.39, 0.29) is 99.8 Å². The van der Waals surface area contributed by atoms with E-state index in [1.54, 1.807) is 6.92 Å². The predicted octanol–water partition coefficient (Wildman–Crippen LogP) is 2.17. The molecule has 35 nitrogen and oxygen atoms in total. The van der Waals surface area contributed by atoms with Crippen molar-refractivity contribution >= 4 is 94.3 Å². The fraction of sp³-hybridized carbons (Fsp3) is 0.597. The van der Waals surface area contributed by atoms with E-state index in [0.717, 1.165) is 11.1 Å². The molecule has 594 valence electrons. The first-order valence-corrected chi connectivity index (χ1v) is 37.3. The average Bonchev–Trinajstić information content (AvgIpc) is 1.53. The summed E-state index contributed by atoms with van der Waals surface area (Å²) in [7, 11) is -5.32. The van der Waals surface area contributed by atoms with Gasteiger partial charge in [-0.05, 0) is 125 Å². The third-order valence-electron chi connectivity index (χ3n) is 23.5. The number of amides is 7. The monoisotopic (exact) mass is 1580 g/mol. The molecule has 7 aliphatic heterocycles. The molecule has 10 heterocycles. The summed E-state index contributed by atoms with van der Waals surface area (Å²) in [5.41, 5.74) is 43.2. The van der Waals surface area contributed by atoms with Crippen LogP contribution in [0.2, 0.25) is 0 Å². The van der Waals surface area contributed by atoms with Crippen LogP contribution in [-0.4, -0.2) is 175 Å². The van der Waals surface area contributed by atoms with Gasteiger partial charge >= 0.3 is 16.8 Å². The van der Waals surface area contributed by atoms with Crippen LogP contribution in [0.5, 0.6) is 0 Å². The molecule has 4 aromatic rings. The van der Waals surface area contributed by atoms with E-state index in [2.05, 4.69) is 32.2 Å². The van der Waals surface area contributed by atoms with Gasteiger partial charge in [-0.2, -0.15) is 5.70 Å². The van der Waals surface area contributed by atoms with Crippen LogP contribution in [0.15, 0.2) is 80.4 Å². The number of nitrogens with zero attached hydrogens (tertiary/aromatic N) is 10. The summed E-state index contributed by atoms with van der Waals surface area (Å²) < 4.78 is 38.8. The summed E-state index contributed by atoms with van der Waals surface area (Å²) >= 11 is 0. The fourth-order valence-corrected chi connectivity index (χ4v) is 18.5. The molecule has 15 unspecified atom stereocenters. The number of carbonyl (C=O) groups is 7. The van der Waals surface area contributed by atoms with Crippen LogP contribution in [0.3, 0.4) is 0 Å². The Hall–Kier alpha value is -8.26. The van der Waals surface area contributed by atoms with Gasteiger partial charge in [0, 0.05) is 108 Å². The van der Waals surface area contributed by atoms with Crippen LogP contribution >= 0.6 is 7.82 Å². The van der Waals surface area contributed by atoms with Crippen molar-refractivity contribution in [2.45, 2.75) is 214 Å². The van der Waals surface area contributed by atoms with Gasteiger partial charge in [-0.1, -0.05) is 40.7 Å². The van der Waals surface area contributed by atoms with Crippen molar-refractivity contribution in [2.24, 2.45) is 94.7 Å². The van der Waals surface area contributed by atoms with Gasteiger partial charge < -0.3 is 106 Å². The number of fused-ring (bicyclic) bond motifs is 8. The number of phosphoric ester groups is 1. The molecule has 3 saturated heterocycles. The quantitative estimate of drug-likeness (QED) is 0.0301. The number of nitrogens with two attached hydrogens (primary N) is 7. The zero-order valence-electron chi connectivity index (χ0n) is 62.8. The van der Waals surface area contributed by atoms with Gasteiger partial charge in [0.2, 0.25) is 41.4 Å². The third kappa shape index (κ3) is 16.3. The smallest absolute Gasteiger partial charge is 0.756 e. The maximum atomic E-state index is 14.4. The Morgan fingerprint density at radius 1 is 0.734 bits per heavy atom. The number of allylic oxidation sites excluding steroid dienone is 6. The Morgan fingerprint density at radius 3 is 1.94 bits per heavy atom. The normalized spacial score (nSPS) is 31.8. The van der Waals surface area contributed by atoms with Gasteiger partial charge in [0.05, 0.1) is 53.7 Å². The molecule has 1 aromatic carbocycles. The molecule has 19 atom stereocenters. The van der Waals surface area contributed by atoms with Crippen LogP contribution in [0.4, 0.5) is 5.82 Å². The second kappa shape index (κ2) is 32.2. The number of aliphatic hydroxyl groups excluding tert-OH is 4. The Bertz CT molecular complexity index is 4520. The second-order valence-corrected chi connectivity index (χ2v) is 32.4. The van der Waals surface area contributed by atoms with Gasteiger partial charge in [-0.3, -0.25) is 57.7 Å². The number of nitrogens with one attached hydrogen (secondary N) is 1. The number of aliphatic hydroxyl groups is 4. The second-order valence-electron chi connectivity index (χ2n) is 31.1. The summed E-state index contributed by atoms with van der Waals surface area (Å²) in [6.45, 7) is 22.6. The zero-order valence-corrected chi connectivity index (χ0v) is 64.8. The minimum absolute atomic E-state index is 0. The van der Waals surface area contributed by atoms with Crippen molar-refractivity contribution in [1.29, 1.82) is 0 Å². The van der Waals surface area contributed by atoms with E-state index in [1.165, 1.54) is 35.0 Å². The number of aromatic nitrogens is 6. The van der Waals surface area contributed by atoms with Crippen molar-refractivity contribution in [3.63, 3.8) is 0 Å². The number of rotatable bonds is 27. The van der Waals surface area contributed by atoms with E-state index < -0.39 is 168 Å². The van der Waals surface area contributed by atoms with Crippen molar-refractivity contribution in [1.82, 2.24) is 34.4 Å². The van der Waals surface area contributed by atoms with Crippen molar-refractivity contribution in [2.75, 3.05) is 18.9 Å². The first-order valence-electron chi connectivity index (χ1n) is 35.9. The van der Waals surface area contributed by atoms with Gasteiger partial charge in [0.1, 0.15) is 36.3 Å². The molecular weight excluding hydrogens is 1480 g/mol. The number of primary amides is 6. The summed E-state index contributed by atoms with van der Waals surface area (Å²) in [6, 6.07) is 2.65. The van der Waals surface area contributed by atoms with Crippen molar-refractivity contribution < 1.29 is 98.7 Å². The van der Waals surface area contributed by atoms with Crippen LogP contribution in [0.25, 0.3) is 27.5 Å². The molecule has 109 heavy (non-hydrogen) atoms. The molecule has 0 aliphatic carbocycles. The topological polar surface area (TPSA) is 584 Å². The number of nitrogen functional groups attached to an aromatic ring is 1. The van der Waals surface area contributed by atoms with E-state index in [9.17, 15) is 63.4 Å².